The van der Waals surface area contributed by atoms with Gasteiger partial charge in [0.2, 0.25) is 11.8 Å². The number of piperidine rings is 2. The van der Waals surface area contributed by atoms with E-state index in [4.69, 9.17) is 0 Å². The van der Waals surface area contributed by atoms with Crippen molar-refractivity contribution in [3.8, 4) is 0 Å². The molecular weight excluding hydrogens is 379 g/mol. The molecular formula is C25H29FN2O2. The third kappa shape index (κ3) is 3.73. The van der Waals surface area contributed by atoms with Crippen molar-refractivity contribution >= 4 is 11.8 Å². The molecule has 0 radical (unpaired) electrons. The molecule has 1 N–H and O–H groups in total. The number of likely N-dealkylation sites (tertiary alicyclic amines) is 1. The van der Waals surface area contributed by atoms with E-state index in [1.165, 1.54) is 12.1 Å². The van der Waals surface area contributed by atoms with Gasteiger partial charge < -0.3 is 10.2 Å². The van der Waals surface area contributed by atoms with Crippen molar-refractivity contribution in [2.24, 2.45) is 5.41 Å². The fourth-order valence-corrected chi connectivity index (χ4v) is 5.16. The summed E-state index contributed by atoms with van der Waals surface area (Å²) in [4.78, 5) is 27.6. The lowest BCUT2D eigenvalue weighted by Gasteiger charge is -2.50. The third-order valence-electron chi connectivity index (χ3n) is 7.10. The molecule has 5 heteroatoms. The molecule has 2 aromatic rings. The summed E-state index contributed by atoms with van der Waals surface area (Å²) in [6.45, 7) is 5.79. The molecule has 30 heavy (non-hydrogen) atoms. The van der Waals surface area contributed by atoms with Gasteiger partial charge in [0.15, 0.2) is 0 Å². The first-order chi connectivity index (χ1) is 14.3. The summed E-state index contributed by atoms with van der Waals surface area (Å²) in [5.41, 5.74) is 1.29. The quantitative estimate of drug-likeness (QED) is 0.834. The molecule has 2 aliphatic heterocycles. The van der Waals surface area contributed by atoms with E-state index in [1.807, 2.05) is 61.2 Å². The van der Waals surface area contributed by atoms with E-state index in [2.05, 4.69) is 5.32 Å². The highest BCUT2D eigenvalue weighted by Gasteiger charge is 2.47. The van der Waals surface area contributed by atoms with Crippen LogP contribution in [0.2, 0.25) is 0 Å². The normalized spacial score (nSPS) is 21.4. The van der Waals surface area contributed by atoms with Gasteiger partial charge in [0, 0.05) is 32.0 Å². The van der Waals surface area contributed by atoms with E-state index < -0.39 is 5.41 Å². The lowest BCUT2D eigenvalue weighted by atomic mass is 9.62. The van der Waals surface area contributed by atoms with Gasteiger partial charge in [0.1, 0.15) is 5.82 Å². The van der Waals surface area contributed by atoms with Crippen molar-refractivity contribution in [3.63, 3.8) is 0 Å². The van der Waals surface area contributed by atoms with Gasteiger partial charge in [-0.1, -0.05) is 42.5 Å². The zero-order valence-electron chi connectivity index (χ0n) is 17.7. The minimum atomic E-state index is -0.591. The van der Waals surface area contributed by atoms with Gasteiger partial charge in [-0.15, -0.1) is 0 Å². The highest BCUT2D eigenvalue weighted by Crippen LogP contribution is 2.49. The molecule has 4 rings (SSSR count). The highest BCUT2D eigenvalue weighted by atomic mass is 19.1. The van der Waals surface area contributed by atoms with Crippen LogP contribution in [0.1, 0.15) is 50.2 Å². The van der Waals surface area contributed by atoms with Crippen molar-refractivity contribution in [1.82, 2.24) is 10.2 Å². The molecule has 158 valence electrons. The Balaban J connectivity index is 1.53. The molecule has 4 nitrogen and oxygen atoms in total. The van der Waals surface area contributed by atoms with Crippen LogP contribution < -0.4 is 5.32 Å². The first-order valence-corrected chi connectivity index (χ1v) is 10.7. The zero-order valence-corrected chi connectivity index (χ0v) is 17.7. The Hall–Kier alpha value is -2.69. The second-order valence-electron chi connectivity index (χ2n) is 9.23. The second-order valence-corrected chi connectivity index (χ2v) is 9.23. The van der Waals surface area contributed by atoms with E-state index in [0.717, 1.165) is 24.0 Å². The minimum absolute atomic E-state index is 0.0674. The number of halogens is 1. The Labute approximate surface area is 177 Å². The predicted molar refractivity (Wildman–Crippen MR) is 114 cm³/mol. The Morgan fingerprint density at radius 1 is 1.07 bits per heavy atom. The van der Waals surface area contributed by atoms with E-state index >= 15 is 0 Å². The largest absolute Gasteiger partial charge is 0.355 e. The Bertz CT molecular complexity index is 916. The van der Waals surface area contributed by atoms with Crippen LogP contribution >= 0.6 is 0 Å². The number of hydrogen-bond donors (Lipinski definition) is 1. The highest BCUT2D eigenvalue weighted by molar-refractivity contribution is 5.87. The summed E-state index contributed by atoms with van der Waals surface area (Å²) in [5.74, 6) is 0.0753. The summed E-state index contributed by atoms with van der Waals surface area (Å²) >= 11 is 0. The summed E-state index contributed by atoms with van der Waals surface area (Å²) in [6.07, 6.45) is 2.01. The monoisotopic (exact) mass is 408 g/mol. The lowest BCUT2D eigenvalue weighted by molar-refractivity contribution is -0.140. The van der Waals surface area contributed by atoms with Crippen LogP contribution in [0.4, 0.5) is 4.39 Å². The fourth-order valence-electron chi connectivity index (χ4n) is 5.16. The number of carbonyl (C=O) groups is 2. The first kappa shape index (κ1) is 20.6. The van der Waals surface area contributed by atoms with Crippen molar-refractivity contribution in [2.75, 3.05) is 19.6 Å². The van der Waals surface area contributed by atoms with Gasteiger partial charge >= 0.3 is 0 Å². The maximum atomic E-state index is 13.4. The van der Waals surface area contributed by atoms with E-state index in [-0.39, 0.29) is 29.0 Å². The second kappa shape index (κ2) is 7.86. The van der Waals surface area contributed by atoms with Crippen LogP contribution in [-0.4, -0.2) is 36.3 Å². The average Bonchev–Trinajstić information content (AvgIpc) is 2.75. The summed E-state index contributed by atoms with van der Waals surface area (Å²) in [5, 5.41) is 2.98. The number of nitrogens with zero attached hydrogens (tertiary/aromatic N) is 1. The molecule has 2 aromatic carbocycles. The van der Waals surface area contributed by atoms with Crippen LogP contribution in [0, 0.1) is 11.2 Å². The molecule has 0 saturated carbocycles. The molecule has 2 heterocycles. The predicted octanol–water partition coefficient (Wildman–Crippen LogP) is 4.02. The maximum absolute atomic E-state index is 13.4. The number of rotatable bonds is 3. The Morgan fingerprint density at radius 2 is 1.70 bits per heavy atom. The third-order valence-corrected chi connectivity index (χ3v) is 7.10. The van der Waals surface area contributed by atoms with Crippen LogP contribution in [0.3, 0.4) is 0 Å². The number of hydrogen-bond acceptors (Lipinski definition) is 2. The Morgan fingerprint density at radius 3 is 2.33 bits per heavy atom. The van der Waals surface area contributed by atoms with Crippen LogP contribution in [0.15, 0.2) is 54.6 Å². The molecule has 2 amide bonds. The van der Waals surface area contributed by atoms with Crippen LogP contribution in [0.25, 0.3) is 0 Å². The first-order valence-electron chi connectivity index (χ1n) is 10.7. The van der Waals surface area contributed by atoms with E-state index in [0.29, 0.717) is 26.1 Å². The number of nitrogens with one attached hydrogen (secondary N) is 1. The molecule has 2 aliphatic rings. The minimum Gasteiger partial charge on any atom is -0.355 e. The van der Waals surface area contributed by atoms with Gasteiger partial charge in [-0.05, 0) is 55.4 Å². The van der Waals surface area contributed by atoms with Crippen molar-refractivity contribution in [2.45, 2.75) is 44.4 Å². The van der Waals surface area contributed by atoms with E-state index in [9.17, 15) is 14.0 Å². The van der Waals surface area contributed by atoms with Crippen molar-refractivity contribution in [1.29, 1.82) is 0 Å². The molecule has 0 aliphatic carbocycles. The average molecular weight is 409 g/mol. The summed E-state index contributed by atoms with van der Waals surface area (Å²) in [7, 11) is 0. The van der Waals surface area contributed by atoms with Crippen LogP contribution in [-0.2, 0) is 15.0 Å². The molecule has 1 spiro atoms. The number of benzene rings is 2. The molecule has 0 bridgehead atoms. The summed E-state index contributed by atoms with van der Waals surface area (Å²) < 4.78 is 13.4. The Kier molecular flexibility index (Phi) is 5.39. The topological polar surface area (TPSA) is 49.4 Å². The van der Waals surface area contributed by atoms with Gasteiger partial charge in [-0.3, -0.25) is 9.59 Å². The van der Waals surface area contributed by atoms with Crippen molar-refractivity contribution in [3.05, 3.63) is 71.5 Å². The standard InChI is InChI=1S/C25H29FN2O2/c1-24(2,19-6-4-3-5-7-19)23(30)28-14-12-25(13-15-28)16-22(29)27-17-21(25)18-8-10-20(26)11-9-18/h3-11,21H,12-17H2,1-2H3,(H,27,29). The van der Waals surface area contributed by atoms with Gasteiger partial charge in [0.25, 0.3) is 0 Å². The van der Waals surface area contributed by atoms with E-state index in [1.54, 1.807) is 0 Å². The van der Waals surface area contributed by atoms with Gasteiger partial charge in [0.05, 0.1) is 5.41 Å². The van der Waals surface area contributed by atoms with Crippen LogP contribution in [0.5, 0.6) is 0 Å². The molecule has 1 atom stereocenters. The SMILES string of the molecule is CC(C)(C(=O)N1CCC2(CC1)CC(=O)NCC2c1ccc(F)cc1)c1ccccc1. The lowest BCUT2D eigenvalue weighted by Crippen LogP contribution is -2.54. The van der Waals surface area contributed by atoms with Gasteiger partial charge in [-0.2, -0.15) is 0 Å². The number of carbonyl (C=O) groups excluding carboxylic acids is 2. The molecule has 2 fully saturated rings. The summed E-state index contributed by atoms with van der Waals surface area (Å²) in [6, 6.07) is 16.5. The fraction of sp³-hybridized carbons (Fsp3) is 0.440. The van der Waals surface area contributed by atoms with Crippen molar-refractivity contribution < 1.29 is 14.0 Å². The molecule has 0 aromatic heterocycles. The van der Waals surface area contributed by atoms with Gasteiger partial charge in [-0.25, -0.2) is 4.39 Å². The maximum Gasteiger partial charge on any atom is 0.232 e. The number of amides is 2. The zero-order chi connectivity index (χ0) is 21.4. The smallest absolute Gasteiger partial charge is 0.232 e. The molecule has 1 unspecified atom stereocenters. The molecule has 2 saturated heterocycles.